The van der Waals surface area contributed by atoms with Crippen molar-refractivity contribution in [3.63, 3.8) is 0 Å². The van der Waals surface area contributed by atoms with Gasteiger partial charge in [-0.2, -0.15) is 0 Å². The second-order valence-electron chi connectivity index (χ2n) is 3.90. The van der Waals surface area contributed by atoms with E-state index in [1.165, 1.54) is 12.4 Å². The van der Waals surface area contributed by atoms with Crippen molar-refractivity contribution in [2.75, 3.05) is 5.73 Å². The molecule has 0 atom stereocenters. The van der Waals surface area contributed by atoms with Gasteiger partial charge >= 0.3 is 5.97 Å². The molecule has 1 heterocycles. The van der Waals surface area contributed by atoms with Crippen LogP contribution in [0.1, 0.15) is 15.9 Å². The van der Waals surface area contributed by atoms with Crippen LogP contribution >= 0.6 is 11.6 Å². The summed E-state index contributed by atoms with van der Waals surface area (Å²) in [6.07, 6.45) is 2.85. The second-order valence-corrected chi connectivity index (χ2v) is 4.30. The number of nitrogen functional groups attached to an aromatic ring is 1. The molecule has 20 heavy (non-hydrogen) atoms. The first-order chi connectivity index (χ1) is 9.49. The smallest absolute Gasteiger partial charge is 0.341 e. The molecule has 0 unspecified atom stereocenters. The minimum Gasteiger partial charge on any atom is -0.457 e. The summed E-state index contributed by atoms with van der Waals surface area (Å²) in [5.74, 6) is -2.84. The maximum Gasteiger partial charge on any atom is 0.341 e. The number of nitrogens with zero attached hydrogens (tertiary/aromatic N) is 1. The van der Waals surface area contributed by atoms with Crippen molar-refractivity contribution in [3.05, 3.63) is 58.4 Å². The van der Waals surface area contributed by atoms with Crippen LogP contribution in [0.15, 0.2) is 30.6 Å². The Hall–Kier alpha value is -2.21. The highest BCUT2D eigenvalue weighted by molar-refractivity contribution is 6.31. The number of hydrogen-bond acceptors (Lipinski definition) is 4. The molecule has 0 aliphatic carbocycles. The van der Waals surface area contributed by atoms with Crippen molar-refractivity contribution in [3.8, 4) is 0 Å². The summed E-state index contributed by atoms with van der Waals surface area (Å²) in [6, 6.07) is 2.97. The van der Waals surface area contributed by atoms with Gasteiger partial charge in [-0.1, -0.05) is 11.6 Å². The first-order valence-corrected chi connectivity index (χ1v) is 5.87. The Morgan fingerprint density at radius 2 is 2.10 bits per heavy atom. The first kappa shape index (κ1) is 14.2. The van der Waals surface area contributed by atoms with Crippen LogP contribution in [-0.2, 0) is 11.3 Å². The van der Waals surface area contributed by atoms with Gasteiger partial charge in [-0.05, 0) is 12.1 Å². The van der Waals surface area contributed by atoms with E-state index in [1.54, 1.807) is 6.07 Å². The Morgan fingerprint density at radius 1 is 1.35 bits per heavy atom. The predicted molar refractivity (Wildman–Crippen MR) is 69.1 cm³/mol. The average Bonchev–Trinajstić information content (AvgIpc) is 2.41. The number of nitrogens with two attached hydrogens (primary N) is 1. The molecule has 0 saturated heterocycles. The summed E-state index contributed by atoms with van der Waals surface area (Å²) >= 11 is 5.83. The molecule has 0 fully saturated rings. The van der Waals surface area contributed by atoms with Crippen molar-refractivity contribution in [2.24, 2.45) is 0 Å². The topological polar surface area (TPSA) is 65.2 Å². The summed E-state index contributed by atoms with van der Waals surface area (Å²) < 4.78 is 31.6. The number of halogens is 3. The average molecular weight is 299 g/mol. The normalized spacial score (nSPS) is 10.3. The number of aromatic nitrogens is 1. The number of anilines is 1. The van der Waals surface area contributed by atoms with Crippen LogP contribution in [0.25, 0.3) is 0 Å². The molecule has 7 heteroatoms. The molecule has 2 rings (SSSR count). The lowest BCUT2D eigenvalue weighted by atomic mass is 10.2. The van der Waals surface area contributed by atoms with E-state index in [9.17, 15) is 13.6 Å². The monoisotopic (exact) mass is 298 g/mol. The lowest BCUT2D eigenvalue weighted by molar-refractivity contribution is 0.0467. The molecule has 0 bridgehead atoms. The van der Waals surface area contributed by atoms with Crippen LogP contribution in [0.3, 0.4) is 0 Å². The Labute approximate surface area is 118 Å². The third kappa shape index (κ3) is 3.03. The number of carbonyl (C=O) groups excluding carboxylic acids is 1. The van der Waals surface area contributed by atoms with Gasteiger partial charge in [0.05, 0.1) is 16.3 Å². The van der Waals surface area contributed by atoms with Crippen LogP contribution in [0.2, 0.25) is 5.02 Å². The number of hydrogen-bond donors (Lipinski definition) is 1. The Bertz CT molecular complexity index is 665. The van der Waals surface area contributed by atoms with Gasteiger partial charge in [-0.3, -0.25) is 4.98 Å². The van der Waals surface area contributed by atoms with Crippen LogP contribution < -0.4 is 5.73 Å². The molecule has 104 valence electrons. The standard InChI is InChI=1S/C13H9ClF2N2O2/c14-9-5-18-2-1-7(9)6-20-13(19)8-3-11(16)12(17)4-10(8)15/h1-5H,6,17H2. The Kier molecular flexibility index (Phi) is 4.14. The van der Waals surface area contributed by atoms with E-state index < -0.39 is 23.2 Å². The minimum absolute atomic E-state index is 0.175. The first-order valence-electron chi connectivity index (χ1n) is 5.49. The van der Waals surface area contributed by atoms with Crippen molar-refractivity contribution in [1.82, 2.24) is 4.98 Å². The molecule has 1 aromatic carbocycles. The number of rotatable bonds is 3. The van der Waals surface area contributed by atoms with Gasteiger partial charge in [-0.25, -0.2) is 13.6 Å². The second kappa shape index (κ2) is 5.83. The quantitative estimate of drug-likeness (QED) is 0.699. The fourth-order valence-corrected chi connectivity index (χ4v) is 1.63. The molecule has 2 aromatic rings. The molecule has 0 amide bonds. The molecular weight excluding hydrogens is 290 g/mol. The molecule has 0 radical (unpaired) electrons. The zero-order valence-corrected chi connectivity index (χ0v) is 10.8. The lowest BCUT2D eigenvalue weighted by Gasteiger charge is -2.07. The fourth-order valence-electron chi connectivity index (χ4n) is 1.46. The van der Waals surface area contributed by atoms with E-state index in [-0.39, 0.29) is 12.3 Å². The summed E-state index contributed by atoms with van der Waals surface area (Å²) in [4.78, 5) is 15.5. The number of esters is 1. The van der Waals surface area contributed by atoms with Gasteiger partial charge in [0.2, 0.25) is 0 Å². The van der Waals surface area contributed by atoms with Crippen LogP contribution in [0, 0.1) is 11.6 Å². The van der Waals surface area contributed by atoms with Crippen molar-refractivity contribution in [2.45, 2.75) is 6.61 Å². The maximum absolute atomic E-state index is 13.5. The van der Waals surface area contributed by atoms with Crippen molar-refractivity contribution < 1.29 is 18.3 Å². The van der Waals surface area contributed by atoms with Gasteiger partial charge < -0.3 is 10.5 Å². The highest BCUT2D eigenvalue weighted by Gasteiger charge is 2.17. The Morgan fingerprint density at radius 3 is 2.80 bits per heavy atom. The van der Waals surface area contributed by atoms with E-state index in [4.69, 9.17) is 22.1 Å². The van der Waals surface area contributed by atoms with Gasteiger partial charge in [-0.15, -0.1) is 0 Å². The highest BCUT2D eigenvalue weighted by Crippen LogP contribution is 2.19. The molecular formula is C13H9ClF2N2O2. The summed E-state index contributed by atoms with van der Waals surface area (Å²) in [7, 11) is 0. The number of ether oxygens (including phenoxy) is 1. The predicted octanol–water partition coefficient (Wildman–Crippen LogP) is 2.95. The van der Waals surface area contributed by atoms with Crippen LogP contribution in [-0.4, -0.2) is 11.0 Å². The van der Waals surface area contributed by atoms with Gasteiger partial charge in [0.15, 0.2) is 0 Å². The van der Waals surface area contributed by atoms with Crippen molar-refractivity contribution >= 4 is 23.3 Å². The number of carbonyl (C=O) groups is 1. The lowest BCUT2D eigenvalue weighted by Crippen LogP contribution is -2.09. The SMILES string of the molecule is Nc1cc(F)c(C(=O)OCc2ccncc2Cl)cc1F. The molecule has 0 saturated carbocycles. The number of benzene rings is 1. The van der Waals surface area contributed by atoms with Crippen molar-refractivity contribution in [1.29, 1.82) is 0 Å². The molecule has 2 N–H and O–H groups in total. The van der Waals surface area contributed by atoms with Gasteiger partial charge in [0.1, 0.15) is 18.2 Å². The molecule has 0 aliphatic rings. The maximum atomic E-state index is 13.5. The van der Waals surface area contributed by atoms with E-state index in [0.29, 0.717) is 16.7 Å². The largest absolute Gasteiger partial charge is 0.457 e. The zero-order chi connectivity index (χ0) is 14.7. The fraction of sp³-hybridized carbons (Fsp3) is 0.0769. The van der Waals surface area contributed by atoms with Crippen LogP contribution in [0.4, 0.5) is 14.5 Å². The summed E-state index contributed by atoms with van der Waals surface area (Å²) in [6.45, 7) is -0.175. The Balaban J connectivity index is 2.13. The van der Waals surface area contributed by atoms with Gasteiger partial charge in [0, 0.05) is 24.0 Å². The summed E-state index contributed by atoms with van der Waals surface area (Å²) in [5, 5.41) is 0.309. The van der Waals surface area contributed by atoms with E-state index in [1.807, 2.05) is 0 Å². The molecule has 0 aliphatic heterocycles. The third-order valence-electron chi connectivity index (χ3n) is 2.52. The number of pyridine rings is 1. The van der Waals surface area contributed by atoms with E-state index >= 15 is 0 Å². The van der Waals surface area contributed by atoms with Gasteiger partial charge in [0.25, 0.3) is 0 Å². The molecule has 0 spiro atoms. The van der Waals surface area contributed by atoms with Crippen LogP contribution in [0.5, 0.6) is 0 Å². The van der Waals surface area contributed by atoms with E-state index in [2.05, 4.69) is 4.98 Å². The zero-order valence-electron chi connectivity index (χ0n) is 10.1. The minimum atomic E-state index is -1.01. The van der Waals surface area contributed by atoms with E-state index in [0.717, 1.165) is 6.07 Å². The third-order valence-corrected chi connectivity index (χ3v) is 2.86. The summed E-state index contributed by atoms with van der Waals surface area (Å²) in [5.41, 5.74) is 4.78. The highest BCUT2D eigenvalue weighted by atomic mass is 35.5. The molecule has 1 aromatic heterocycles. The molecule has 4 nitrogen and oxygen atoms in total.